The molecule has 2 aromatic rings. The van der Waals surface area contributed by atoms with Crippen molar-refractivity contribution in [1.82, 2.24) is 14.5 Å². The molecule has 0 amide bonds. The lowest BCUT2D eigenvalue weighted by atomic mass is 10.1. The molecule has 0 radical (unpaired) electrons. The second-order valence-corrected chi connectivity index (χ2v) is 5.28. The van der Waals surface area contributed by atoms with Crippen LogP contribution in [0.15, 0.2) is 12.3 Å². The maximum absolute atomic E-state index is 5.98. The molecule has 0 unspecified atom stereocenters. The molecule has 0 saturated carbocycles. The normalized spacial score (nSPS) is 12.3. The van der Waals surface area contributed by atoms with Crippen molar-refractivity contribution < 1.29 is 4.74 Å². The van der Waals surface area contributed by atoms with Crippen LogP contribution in [0.25, 0.3) is 11.2 Å². The molecule has 0 aliphatic carbocycles. The monoisotopic (exact) mass is 267 g/mol. The lowest BCUT2D eigenvalue weighted by molar-refractivity contribution is 0.00843. The standard InChI is InChI=1S/C13H18ClN3O/c1-9-5-6-15-12-11(9)16-10(7-14)17(12)8-13(2,3)18-4/h5-6H,7-8H2,1-4H3. The largest absolute Gasteiger partial charge is 0.377 e. The summed E-state index contributed by atoms with van der Waals surface area (Å²) in [6.07, 6.45) is 1.80. The highest BCUT2D eigenvalue weighted by molar-refractivity contribution is 6.16. The number of methoxy groups -OCH3 is 1. The highest BCUT2D eigenvalue weighted by Crippen LogP contribution is 2.22. The maximum atomic E-state index is 5.98. The molecule has 0 bridgehead atoms. The van der Waals surface area contributed by atoms with Crippen molar-refractivity contribution in [3.63, 3.8) is 0 Å². The molecule has 4 nitrogen and oxygen atoms in total. The molecule has 0 aromatic carbocycles. The maximum Gasteiger partial charge on any atom is 0.160 e. The zero-order chi connectivity index (χ0) is 13.3. The summed E-state index contributed by atoms with van der Waals surface area (Å²) in [4.78, 5) is 8.98. The van der Waals surface area contributed by atoms with Crippen LogP contribution in [-0.4, -0.2) is 27.2 Å². The SMILES string of the molecule is COC(C)(C)Cn1c(CCl)nc2c(C)ccnc21. The highest BCUT2D eigenvalue weighted by atomic mass is 35.5. The van der Waals surface area contributed by atoms with Gasteiger partial charge in [-0.2, -0.15) is 0 Å². The van der Waals surface area contributed by atoms with Gasteiger partial charge in [0.1, 0.15) is 11.3 Å². The number of ether oxygens (including phenoxy) is 1. The van der Waals surface area contributed by atoms with Crippen LogP contribution in [0, 0.1) is 6.92 Å². The van der Waals surface area contributed by atoms with E-state index in [0.717, 1.165) is 22.6 Å². The van der Waals surface area contributed by atoms with Gasteiger partial charge < -0.3 is 9.30 Å². The molecule has 2 rings (SSSR count). The summed E-state index contributed by atoms with van der Waals surface area (Å²) in [5, 5.41) is 0. The smallest absolute Gasteiger partial charge is 0.160 e. The first-order valence-corrected chi connectivity index (χ1v) is 6.44. The van der Waals surface area contributed by atoms with E-state index in [-0.39, 0.29) is 5.60 Å². The Hall–Kier alpha value is -1.13. The molecule has 5 heteroatoms. The van der Waals surface area contributed by atoms with E-state index >= 15 is 0 Å². The summed E-state index contributed by atoms with van der Waals surface area (Å²) in [5.74, 6) is 1.20. The van der Waals surface area contributed by atoms with Crippen LogP contribution >= 0.6 is 11.6 Å². The van der Waals surface area contributed by atoms with Crippen molar-refractivity contribution >= 4 is 22.8 Å². The van der Waals surface area contributed by atoms with Gasteiger partial charge in [0.15, 0.2) is 5.65 Å². The number of hydrogen-bond donors (Lipinski definition) is 0. The number of alkyl halides is 1. The topological polar surface area (TPSA) is 39.9 Å². The molecule has 2 heterocycles. The number of aromatic nitrogens is 3. The lowest BCUT2D eigenvalue weighted by Crippen LogP contribution is -2.29. The number of aryl methyl sites for hydroxylation is 1. The first-order chi connectivity index (χ1) is 8.48. The number of imidazole rings is 1. The summed E-state index contributed by atoms with van der Waals surface area (Å²) < 4.78 is 7.51. The first kappa shape index (κ1) is 13.3. The van der Waals surface area contributed by atoms with E-state index in [4.69, 9.17) is 16.3 Å². The predicted octanol–water partition coefficient (Wildman–Crippen LogP) is 2.90. The van der Waals surface area contributed by atoms with Gasteiger partial charge in [0.25, 0.3) is 0 Å². The quantitative estimate of drug-likeness (QED) is 0.800. The summed E-state index contributed by atoms with van der Waals surface area (Å²) >= 11 is 5.98. The number of nitrogens with zero attached hydrogens (tertiary/aromatic N) is 3. The summed E-state index contributed by atoms with van der Waals surface area (Å²) in [7, 11) is 1.71. The zero-order valence-corrected chi connectivity index (χ0v) is 12.0. The third kappa shape index (κ3) is 2.35. The Bertz CT molecular complexity index is 563. The minimum absolute atomic E-state index is 0.278. The highest BCUT2D eigenvalue weighted by Gasteiger charge is 2.22. The van der Waals surface area contributed by atoms with E-state index in [0.29, 0.717) is 12.4 Å². The molecule has 0 N–H and O–H groups in total. The number of halogens is 1. The van der Waals surface area contributed by atoms with Crippen molar-refractivity contribution in [2.24, 2.45) is 0 Å². The molecule has 0 atom stereocenters. The van der Waals surface area contributed by atoms with Crippen LogP contribution in [0.4, 0.5) is 0 Å². The van der Waals surface area contributed by atoms with Crippen LogP contribution in [0.5, 0.6) is 0 Å². The number of pyridine rings is 1. The number of hydrogen-bond acceptors (Lipinski definition) is 3. The van der Waals surface area contributed by atoms with Crippen molar-refractivity contribution in [1.29, 1.82) is 0 Å². The Morgan fingerprint density at radius 1 is 1.44 bits per heavy atom. The summed E-state index contributed by atoms with van der Waals surface area (Å²) in [6.45, 7) is 6.78. The Morgan fingerprint density at radius 2 is 2.17 bits per heavy atom. The van der Waals surface area contributed by atoms with E-state index in [2.05, 4.69) is 9.97 Å². The number of fused-ring (bicyclic) bond motifs is 1. The van der Waals surface area contributed by atoms with E-state index in [1.54, 1.807) is 13.3 Å². The molecule has 0 spiro atoms. The predicted molar refractivity (Wildman–Crippen MR) is 72.9 cm³/mol. The van der Waals surface area contributed by atoms with Crippen LogP contribution < -0.4 is 0 Å². The van der Waals surface area contributed by atoms with E-state index in [9.17, 15) is 0 Å². The average molecular weight is 268 g/mol. The van der Waals surface area contributed by atoms with E-state index in [1.165, 1.54) is 0 Å². The summed E-state index contributed by atoms with van der Waals surface area (Å²) in [5.41, 5.74) is 2.62. The van der Waals surface area contributed by atoms with E-state index < -0.39 is 0 Å². The van der Waals surface area contributed by atoms with Gasteiger partial charge in [-0.1, -0.05) is 0 Å². The molecular weight excluding hydrogens is 250 g/mol. The fraction of sp³-hybridized carbons (Fsp3) is 0.538. The van der Waals surface area contributed by atoms with Crippen LogP contribution in [0.3, 0.4) is 0 Å². The van der Waals surface area contributed by atoms with E-state index in [1.807, 2.05) is 31.4 Å². The summed E-state index contributed by atoms with van der Waals surface area (Å²) in [6, 6.07) is 1.96. The molecule has 0 aliphatic heterocycles. The van der Waals surface area contributed by atoms with Gasteiger partial charge in [0.2, 0.25) is 0 Å². The molecule has 0 aliphatic rings. The third-order valence-electron chi connectivity index (χ3n) is 3.13. The van der Waals surface area contributed by atoms with Gasteiger partial charge in [-0.05, 0) is 32.4 Å². The van der Waals surface area contributed by atoms with Gasteiger partial charge in [0, 0.05) is 13.3 Å². The fourth-order valence-corrected chi connectivity index (χ4v) is 2.10. The van der Waals surface area contributed by atoms with Crippen molar-refractivity contribution in [3.8, 4) is 0 Å². The Kier molecular flexibility index (Phi) is 3.59. The Morgan fingerprint density at radius 3 is 2.78 bits per heavy atom. The van der Waals surface area contributed by atoms with Crippen molar-refractivity contribution in [3.05, 3.63) is 23.7 Å². The third-order valence-corrected chi connectivity index (χ3v) is 3.36. The zero-order valence-electron chi connectivity index (χ0n) is 11.2. The first-order valence-electron chi connectivity index (χ1n) is 5.90. The number of rotatable bonds is 4. The second kappa shape index (κ2) is 4.86. The molecular formula is C13H18ClN3O. The van der Waals surface area contributed by atoms with Gasteiger partial charge in [-0.15, -0.1) is 11.6 Å². The average Bonchev–Trinajstić information content (AvgIpc) is 2.69. The van der Waals surface area contributed by atoms with Crippen LogP contribution in [0.2, 0.25) is 0 Å². The minimum atomic E-state index is -0.278. The van der Waals surface area contributed by atoms with Crippen LogP contribution in [-0.2, 0) is 17.2 Å². The Labute approximate surface area is 112 Å². The molecule has 98 valence electrons. The Balaban J connectivity index is 2.57. The van der Waals surface area contributed by atoms with Gasteiger partial charge in [-0.25, -0.2) is 9.97 Å². The second-order valence-electron chi connectivity index (χ2n) is 5.01. The van der Waals surface area contributed by atoms with Crippen molar-refractivity contribution in [2.75, 3.05) is 7.11 Å². The van der Waals surface area contributed by atoms with Gasteiger partial charge in [0.05, 0.1) is 18.0 Å². The molecule has 0 fully saturated rings. The van der Waals surface area contributed by atoms with Crippen LogP contribution in [0.1, 0.15) is 25.2 Å². The minimum Gasteiger partial charge on any atom is -0.377 e. The van der Waals surface area contributed by atoms with Crippen molar-refractivity contribution in [2.45, 2.75) is 38.8 Å². The fourth-order valence-electron chi connectivity index (χ4n) is 1.90. The molecule has 2 aromatic heterocycles. The van der Waals surface area contributed by atoms with Gasteiger partial charge >= 0.3 is 0 Å². The molecule has 18 heavy (non-hydrogen) atoms. The molecule has 0 saturated heterocycles. The van der Waals surface area contributed by atoms with Gasteiger partial charge in [-0.3, -0.25) is 0 Å². The lowest BCUT2D eigenvalue weighted by Gasteiger charge is -2.24.